The molecule has 0 aromatic carbocycles. The minimum absolute atomic E-state index is 0.158. The molecule has 1 aromatic rings. The second-order valence-corrected chi connectivity index (χ2v) is 7.38. The molecule has 110 valence electrons. The first-order valence-electron chi connectivity index (χ1n) is 6.32. The molecule has 0 saturated heterocycles. The van der Waals surface area contributed by atoms with Gasteiger partial charge in [0.25, 0.3) is 0 Å². The average Bonchev–Trinajstić information content (AvgIpc) is 2.77. The number of amides is 1. The molecule has 1 rings (SSSR count). The molecule has 1 unspecified atom stereocenters. The summed E-state index contributed by atoms with van der Waals surface area (Å²) in [5, 5.41) is 11.7. The fourth-order valence-electron chi connectivity index (χ4n) is 1.70. The van der Waals surface area contributed by atoms with Gasteiger partial charge in [-0.3, -0.25) is 9.59 Å². The van der Waals surface area contributed by atoms with Crippen LogP contribution in [0.2, 0.25) is 0 Å². The second-order valence-electron chi connectivity index (χ2n) is 4.89. The van der Waals surface area contributed by atoms with Crippen molar-refractivity contribution in [1.29, 1.82) is 0 Å². The molecule has 1 aromatic heterocycles. The lowest BCUT2D eigenvalue weighted by atomic mass is 9.97. The van der Waals surface area contributed by atoms with Crippen LogP contribution in [0, 0.1) is 11.8 Å². The van der Waals surface area contributed by atoms with E-state index in [2.05, 4.69) is 21.2 Å². The number of nitrogens with one attached hydrogen (secondary N) is 1. The highest BCUT2D eigenvalue weighted by Gasteiger charge is 2.19. The largest absolute Gasteiger partial charge is 0.481 e. The average molecular weight is 360 g/mol. The van der Waals surface area contributed by atoms with E-state index in [0.717, 1.165) is 8.66 Å². The summed E-state index contributed by atoms with van der Waals surface area (Å²) in [6, 6.07) is 3.81. The van der Waals surface area contributed by atoms with Crippen LogP contribution in [0.25, 0.3) is 6.08 Å². The van der Waals surface area contributed by atoms with Crippen molar-refractivity contribution in [3.63, 3.8) is 0 Å². The maximum atomic E-state index is 11.6. The van der Waals surface area contributed by atoms with Gasteiger partial charge in [-0.1, -0.05) is 13.8 Å². The van der Waals surface area contributed by atoms with Gasteiger partial charge in [-0.25, -0.2) is 0 Å². The molecule has 0 saturated carbocycles. The topological polar surface area (TPSA) is 66.4 Å². The number of hydrogen-bond donors (Lipinski definition) is 2. The molecule has 1 heterocycles. The smallest absolute Gasteiger partial charge is 0.308 e. The lowest BCUT2D eigenvalue weighted by molar-refractivity contribution is -0.142. The van der Waals surface area contributed by atoms with Crippen LogP contribution < -0.4 is 5.32 Å². The first kappa shape index (κ1) is 16.9. The zero-order valence-electron chi connectivity index (χ0n) is 11.4. The summed E-state index contributed by atoms with van der Waals surface area (Å²) in [5.74, 6) is -1.40. The van der Waals surface area contributed by atoms with E-state index in [1.807, 2.05) is 26.0 Å². The fraction of sp³-hybridized carbons (Fsp3) is 0.429. The molecule has 0 bridgehead atoms. The van der Waals surface area contributed by atoms with E-state index in [4.69, 9.17) is 5.11 Å². The van der Waals surface area contributed by atoms with Gasteiger partial charge in [0.2, 0.25) is 5.91 Å². The molecule has 0 aliphatic rings. The summed E-state index contributed by atoms with van der Waals surface area (Å²) in [7, 11) is 0. The summed E-state index contributed by atoms with van der Waals surface area (Å²) >= 11 is 4.87. The Morgan fingerprint density at radius 3 is 2.65 bits per heavy atom. The second kappa shape index (κ2) is 8.21. The van der Waals surface area contributed by atoms with Crippen LogP contribution in [0.4, 0.5) is 0 Å². The maximum Gasteiger partial charge on any atom is 0.308 e. The minimum Gasteiger partial charge on any atom is -0.481 e. The van der Waals surface area contributed by atoms with Crippen molar-refractivity contribution in [1.82, 2.24) is 5.32 Å². The number of carboxylic acid groups (broad SMARTS) is 1. The molecule has 20 heavy (non-hydrogen) atoms. The molecular weight excluding hydrogens is 342 g/mol. The number of aliphatic carboxylic acids is 1. The van der Waals surface area contributed by atoms with Crippen molar-refractivity contribution in [2.45, 2.75) is 20.3 Å². The highest BCUT2D eigenvalue weighted by molar-refractivity contribution is 9.11. The van der Waals surface area contributed by atoms with E-state index in [9.17, 15) is 9.59 Å². The Bertz CT molecular complexity index is 496. The monoisotopic (exact) mass is 359 g/mol. The summed E-state index contributed by atoms with van der Waals surface area (Å²) in [6.07, 6.45) is 3.69. The lowest BCUT2D eigenvalue weighted by Crippen LogP contribution is -2.32. The number of thiophene rings is 1. The van der Waals surface area contributed by atoms with Gasteiger partial charge in [0.05, 0.1) is 9.70 Å². The predicted molar refractivity (Wildman–Crippen MR) is 84.6 cm³/mol. The molecule has 1 atom stereocenters. The van der Waals surface area contributed by atoms with E-state index in [1.165, 1.54) is 17.4 Å². The number of hydrogen-bond acceptors (Lipinski definition) is 3. The van der Waals surface area contributed by atoms with Crippen molar-refractivity contribution in [3.05, 3.63) is 26.9 Å². The van der Waals surface area contributed by atoms with Crippen LogP contribution in [0.3, 0.4) is 0 Å². The molecular formula is C14H18BrNO3S. The van der Waals surface area contributed by atoms with Gasteiger partial charge in [0.1, 0.15) is 0 Å². The van der Waals surface area contributed by atoms with Gasteiger partial charge in [-0.15, -0.1) is 11.3 Å². The highest BCUT2D eigenvalue weighted by Crippen LogP contribution is 2.22. The number of carbonyl (C=O) groups excluding carboxylic acids is 1. The van der Waals surface area contributed by atoms with Crippen molar-refractivity contribution in [2.75, 3.05) is 6.54 Å². The molecule has 4 nitrogen and oxygen atoms in total. The van der Waals surface area contributed by atoms with Crippen LogP contribution in [0.1, 0.15) is 25.1 Å². The SMILES string of the molecule is CC(C)CC(CNC(=O)/C=C/c1ccc(Br)s1)C(=O)O. The molecule has 6 heteroatoms. The zero-order valence-corrected chi connectivity index (χ0v) is 13.8. The molecule has 0 aliphatic heterocycles. The first-order valence-corrected chi connectivity index (χ1v) is 7.93. The summed E-state index contributed by atoms with van der Waals surface area (Å²) in [5.41, 5.74) is 0. The molecule has 0 spiro atoms. The summed E-state index contributed by atoms with van der Waals surface area (Å²) in [6.45, 7) is 4.09. The third-order valence-corrected chi connectivity index (χ3v) is 4.21. The Labute approximate surface area is 131 Å². The molecule has 1 amide bonds. The predicted octanol–water partition coefficient (Wildman–Crippen LogP) is 3.39. The number of halogens is 1. The van der Waals surface area contributed by atoms with Gasteiger partial charge in [0.15, 0.2) is 0 Å². The van der Waals surface area contributed by atoms with Crippen LogP contribution in [-0.4, -0.2) is 23.5 Å². The van der Waals surface area contributed by atoms with Crippen molar-refractivity contribution < 1.29 is 14.7 Å². The third kappa shape index (κ3) is 6.34. The summed E-state index contributed by atoms with van der Waals surface area (Å²) in [4.78, 5) is 23.7. The molecule has 0 fully saturated rings. The normalized spacial score (nSPS) is 12.8. The van der Waals surface area contributed by atoms with Crippen molar-refractivity contribution in [2.24, 2.45) is 11.8 Å². The van der Waals surface area contributed by atoms with E-state index in [1.54, 1.807) is 6.08 Å². The number of carbonyl (C=O) groups is 2. The van der Waals surface area contributed by atoms with E-state index in [-0.39, 0.29) is 18.4 Å². The van der Waals surface area contributed by atoms with Crippen molar-refractivity contribution >= 4 is 45.2 Å². The van der Waals surface area contributed by atoms with E-state index >= 15 is 0 Å². The third-order valence-electron chi connectivity index (χ3n) is 2.62. The molecule has 0 aliphatic carbocycles. The Kier molecular flexibility index (Phi) is 6.95. The van der Waals surface area contributed by atoms with E-state index < -0.39 is 11.9 Å². The number of carboxylic acids is 1. The van der Waals surface area contributed by atoms with Gasteiger partial charge < -0.3 is 10.4 Å². The number of rotatable bonds is 7. The van der Waals surface area contributed by atoms with Crippen LogP contribution in [0.5, 0.6) is 0 Å². The van der Waals surface area contributed by atoms with Crippen LogP contribution >= 0.6 is 27.3 Å². The Morgan fingerprint density at radius 2 is 2.15 bits per heavy atom. The zero-order chi connectivity index (χ0) is 15.1. The quantitative estimate of drug-likeness (QED) is 0.733. The summed E-state index contributed by atoms with van der Waals surface area (Å²) < 4.78 is 1.00. The molecule has 2 N–H and O–H groups in total. The van der Waals surface area contributed by atoms with Gasteiger partial charge >= 0.3 is 5.97 Å². The Balaban J connectivity index is 2.45. The minimum atomic E-state index is -0.870. The molecule has 0 radical (unpaired) electrons. The van der Waals surface area contributed by atoms with Crippen LogP contribution in [0.15, 0.2) is 22.0 Å². The van der Waals surface area contributed by atoms with Gasteiger partial charge in [-0.05, 0) is 46.5 Å². The Morgan fingerprint density at radius 1 is 1.45 bits per heavy atom. The Hall–Kier alpha value is -1.14. The van der Waals surface area contributed by atoms with Crippen molar-refractivity contribution in [3.8, 4) is 0 Å². The fourth-order valence-corrected chi connectivity index (χ4v) is 3.03. The lowest BCUT2D eigenvalue weighted by Gasteiger charge is -2.14. The highest BCUT2D eigenvalue weighted by atomic mass is 79.9. The van der Waals surface area contributed by atoms with Crippen LogP contribution in [-0.2, 0) is 9.59 Å². The standard InChI is InChI=1S/C14H18BrNO3S/c1-9(2)7-10(14(18)19)8-16-13(17)6-4-11-3-5-12(15)20-11/h3-6,9-10H,7-8H2,1-2H3,(H,16,17)(H,18,19)/b6-4+. The first-order chi connectivity index (χ1) is 9.38. The van der Waals surface area contributed by atoms with Gasteiger partial charge in [-0.2, -0.15) is 0 Å². The van der Waals surface area contributed by atoms with E-state index in [0.29, 0.717) is 6.42 Å². The maximum absolute atomic E-state index is 11.6. The van der Waals surface area contributed by atoms with Gasteiger partial charge in [0, 0.05) is 17.5 Å².